The number of carbonyl (C=O) groups excluding carboxylic acids is 1. The number of aromatic nitrogens is 1. The number of hydrogen-bond donors (Lipinski definition) is 1. The first-order valence-corrected chi connectivity index (χ1v) is 11.9. The van der Waals surface area contributed by atoms with Crippen molar-refractivity contribution in [1.29, 1.82) is 0 Å². The fourth-order valence-corrected chi connectivity index (χ4v) is 4.51. The number of thiazole rings is 1. The summed E-state index contributed by atoms with van der Waals surface area (Å²) in [4.78, 5) is 17.3. The van der Waals surface area contributed by atoms with E-state index in [1.165, 1.54) is 23.5 Å². The van der Waals surface area contributed by atoms with Crippen LogP contribution in [-0.2, 0) is 19.4 Å². The molecule has 2 aromatic rings. The summed E-state index contributed by atoms with van der Waals surface area (Å²) in [6.45, 7) is 1.34. The van der Waals surface area contributed by atoms with Crippen LogP contribution in [0.2, 0.25) is 0 Å². The Hall–Kier alpha value is -1.55. The lowest BCUT2D eigenvalue weighted by Gasteiger charge is -2.20. The average Bonchev–Trinajstić information content (AvgIpc) is 3.04. The second-order valence-corrected chi connectivity index (χ2v) is 10.7. The molecule has 2 heterocycles. The molecule has 1 aromatic heterocycles. The van der Waals surface area contributed by atoms with Crippen molar-refractivity contribution in [2.24, 2.45) is 5.92 Å². The highest BCUT2D eigenvalue weighted by atomic mass is 79.9. The van der Waals surface area contributed by atoms with Crippen molar-refractivity contribution in [3.8, 4) is 0 Å². The zero-order valence-electron chi connectivity index (χ0n) is 14.6. The van der Waals surface area contributed by atoms with Gasteiger partial charge in [0.2, 0.25) is 0 Å². The average molecular weight is 471 g/mol. The van der Waals surface area contributed by atoms with Crippen LogP contribution in [0.4, 0.5) is 5.13 Å². The Balaban J connectivity index is 1.91. The predicted octanol–water partition coefficient (Wildman–Crippen LogP) is 3.76. The van der Waals surface area contributed by atoms with Crippen LogP contribution in [0.5, 0.6) is 0 Å². The summed E-state index contributed by atoms with van der Waals surface area (Å²) in [6, 6.07) is 6.38. The summed E-state index contributed by atoms with van der Waals surface area (Å²) in [5, 5.41) is 3.31. The number of sulfone groups is 1. The molecule has 6 nitrogen and oxygen atoms in total. The minimum atomic E-state index is -3.29. The first kappa shape index (κ1) is 20.2. The van der Waals surface area contributed by atoms with E-state index in [9.17, 15) is 13.2 Å². The number of hydrogen-bond acceptors (Lipinski definition) is 6. The first-order chi connectivity index (χ1) is 12.8. The van der Waals surface area contributed by atoms with Gasteiger partial charge in [-0.05, 0) is 52.4 Å². The summed E-state index contributed by atoms with van der Waals surface area (Å²) in [5.41, 5.74) is 1.18. The molecule has 144 valence electrons. The Labute approximate surface area is 170 Å². The number of allylic oxidation sites excluding steroid dienone is 1. The maximum absolute atomic E-state index is 12.9. The third kappa shape index (κ3) is 5.47. The van der Waals surface area contributed by atoms with Gasteiger partial charge in [-0.3, -0.25) is 10.1 Å². The molecule has 1 saturated heterocycles. The minimum absolute atomic E-state index is 0.223. The third-order valence-corrected chi connectivity index (χ3v) is 6.72. The van der Waals surface area contributed by atoms with Gasteiger partial charge in [-0.1, -0.05) is 29.5 Å². The molecule has 0 bridgehead atoms. The van der Waals surface area contributed by atoms with Gasteiger partial charge in [0.1, 0.15) is 0 Å². The van der Waals surface area contributed by atoms with Gasteiger partial charge >= 0.3 is 0 Å². The van der Waals surface area contributed by atoms with Crippen LogP contribution in [0, 0.1) is 5.92 Å². The van der Waals surface area contributed by atoms with E-state index in [1.54, 1.807) is 18.3 Å². The zero-order chi connectivity index (χ0) is 19.4. The molecule has 0 atom stereocenters. The molecule has 0 unspecified atom stereocenters. The summed E-state index contributed by atoms with van der Waals surface area (Å²) < 4.78 is 29.6. The van der Waals surface area contributed by atoms with Crippen molar-refractivity contribution < 1.29 is 17.9 Å². The van der Waals surface area contributed by atoms with E-state index in [0.29, 0.717) is 29.5 Å². The fourth-order valence-electron chi connectivity index (χ4n) is 2.78. The smallest absolute Gasteiger partial charge is 0.257 e. The van der Waals surface area contributed by atoms with Gasteiger partial charge < -0.3 is 4.74 Å². The lowest BCUT2D eigenvalue weighted by Crippen LogP contribution is -2.18. The van der Waals surface area contributed by atoms with Crippen LogP contribution in [0.3, 0.4) is 0 Å². The molecule has 1 aromatic carbocycles. The highest BCUT2D eigenvalue weighted by Gasteiger charge is 2.19. The van der Waals surface area contributed by atoms with Gasteiger partial charge in [-0.25, -0.2) is 13.4 Å². The molecule has 0 radical (unpaired) electrons. The number of rotatable bonds is 5. The highest BCUT2D eigenvalue weighted by Crippen LogP contribution is 2.27. The van der Waals surface area contributed by atoms with E-state index in [1.807, 2.05) is 6.08 Å². The molecule has 1 amide bonds. The second-order valence-electron chi connectivity index (χ2n) is 6.25. The lowest BCUT2D eigenvalue weighted by atomic mass is 9.94. The maximum atomic E-state index is 12.9. The van der Waals surface area contributed by atoms with Gasteiger partial charge in [0.05, 0.1) is 14.9 Å². The second kappa shape index (κ2) is 8.64. The zero-order valence-corrected chi connectivity index (χ0v) is 17.9. The molecule has 1 aliphatic heterocycles. The largest absolute Gasteiger partial charge is 0.381 e. The Morgan fingerprint density at radius 2 is 1.96 bits per heavy atom. The summed E-state index contributed by atoms with van der Waals surface area (Å²) >= 11 is 4.66. The maximum Gasteiger partial charge on any atom is 0.257 e. The van der Waals surface area contributed by atoms with Crippen molar-refractivity contribution in [2.75, 3.05) is 24.8 Å². The van der Waals surface area contributed by atoms with Crippen molar-refractivity contribution in [3.05, 3.63) is 45.9 Å². The standard InChI is InChI=1S/C18H19BrN2O4S2/c1-27(23,24)14-4-2-13(3-5-14)15(10-12-6-8-25-9-7-12)17(22)21-18-20-11-16(19)26-18/h2-5,10-12H,6-9H2,1H3,(H,20,21,22). The van der Waals surface area contributed by atoms with Gasteiger partial charge in [0.25, 0.3) is 5.91 Å². The molecule has 0 spiro atoms. The number of carbonyl (C=O) groups is 1. The minimum Gasteiger partial charge on any atom is -0.381 e. The van der Waals surface area contributed by atoms with Crippen molar-refractivity contribution in [2.45, 2.75) is 17.7 Å². The normalized spacial score (nSPS) is 16.3. The lowest BCUT2D eigenvalue weighted by molar-refractivity contribution is -0.111. The molecular weight excluding hydrogens is 452 g/mol. The van der Waals surface area contributed by atoms with E-state index >= 15 is 0 Å². The van der Waals surface area contributed by atoms with Crippen LogP contribution in [0.25, 0.3) is 5.57 Å². The van der Waals surface area contributed by atoms with Crippen LogP contribution in [-0.4, -0.2) is 38.8 Å². The molecular formula is C18H19BrN2O4S2. The summed E-state index contributed by atoms with van der Waals surface area (Å²) in [7, 11) is -3.29. The van der Waals surface area contributed by atoms with Gasteiger partial charge in [-0.15, -0.1) is 0 Å². The molecule has 0 aliphatic carbocycles. The van der Waals surface area contributed by atoms with Crippen molar-refractivity contribution >= 4 is 53.7 Å². The van der Waals surface area contributed by atoms with Gasteiger partial charge in [0.15, 0.2) is 15.0 Å². The predicted molar refractivity (Wildman–Crippen MR) is 110 cm³/mol. The molecule has 27 heavy (non-hydrogen) atoms. The van der Waals surface area contributed by atoms with E-state index in [4.69, 9.17) is 4.74 Å². The number of nitrogens with zero attached hydrogens (tertiary/aromatic N) is 1. The fraction of sp³-hybridized carbons (Fsp3) is 0.333. The molecule has 0 saturated carbocycles. The summed E-state index contributed by atoms with van der Waals surface area (Å²) in [6.07, 6.45) is 6.44. The van der Waals surface area contributed by atoms with Crippen LogP contribution in [0.1, 0.15) is 18.4 Å². The number of halogens is 1. The molecule has 1 fully saturated rings. The number of amides is 1. The Kier molecular flexibility index (Phi) is 6.46. The van der Waals surface area contributed by atoms with E-state index in [0.717, 1.165) is 22.9 Å². The Morgan fingerprint density at radius 1 is 1.30 bits per heavy atom. The topological polar surface area (TPSA) is 85.4 Å². The van der Waals surface area contributed by atoms with Gasteiger partial charge in [0, 0.05) is 25.0 Å². The molecule has 1 aliphatic rings. The Bertz CT molecular complexity index is 946. The molecule has 9 heteroatoms. The first-order valence-electron chi connectivity index (χ1n) is 8.35. The number of anilines is 1. The highest BCUT2D eigenvalue weighted by molar-refractivity contribution is 9.11. The number of nitrogens with one attached hydrogen (secondary N) is 1. The van der Waals surface area contributed by atoms with Crippen LogP contribution < -0.4 is 5.32 Å². The van der Waals surface area contributed by atoms with Crippen molar-refractivity contribution in [3.63, 3.8) is 0 Å². The summed E-state index contributed by atoms with van der Waals surface area (Å²) in [5.74, 6) is -0.0347. The molecule has 1 N–H and O–H groups in total. The number of ether oxygens (including phenoxy) is 1. The van der Waals surface area contributed by atoms with Crippen molar-refractivity contribution in [1.82, 2.24) is 4.98 Å². The van der Waals surface area contributed by atoms with E-state index in [-0.39, 0.29) is 16.7 Å². The van der Waals surface area contributed by atoms with Crippen LogP contribution >= 0.6 is 27.3 Å². The monoisotopic (exact) mass is 470 g/mol. The van der Waals surface area contributed by atoms with Crippen LogP contribution in [0.15, 0.2) is 45.2 Å². The van der Waals surface area contributed by atoms with E-state index in [2.05, 4.69) is 26.2 Å². The molecule has 3 rings (SSSR count). The van der Waals surface area contributed by atoms with E-state index < -0.39 is 9.84 Å². The quantitative estimate of drug-likeness (QED) is 0.672. The SMILES string of the molecule is CS(=O)(=O)c1ccc(C(=CC2CCOCC2)C(=O)Nc2ncc(Br)s2)cc1. The number of benzene rings is 1. The Morgan fingerprint density at radius 3 is 2.52 bits per heavy atom. The van der Waals surface area contributed by atoms with Gasteiger partial charge in [-0.2, -0.15) is 0 Å². The third-order valence-electron chi connectivity index (χ3n) is 4.20.